The van der Waals surface area contributed by atoms with E-state index in [0.29, 0.717) is 12.3 Å². The molecule has 1 fully saturated rings. The van der Waals surface area contributed by atoms with Crippen LogP contribution in [0.15, 0.2) is 0 Å². The fourth-order valence-electron chi connectivity index (χ4n) is 4.03. The summed E-state index contributed by atoms with van der Waals surface area (Å²) in [7, 11) is 1.43. The summed E-state index contributed by atoms with van der Waals surface area (Å²) in [4.78, 5) is 14.2. The fourth-order valence-corrected chi connectivity index (χ4v) is 4.03. The number of benzene rings is 1. The average Bonchev–Trinajstić information content (AvgIpc) is 3.03. The minimum Gasteiger partial charge on any atom is -0.507 e. The molecule has 1 unspecified atom stereocenters. The number of methoxy groups -OCH3 is 1. The van der Waals surface area contributed by atoms with Gasteiger partial charge in [0.05, 0.1) is 7.11 Å². The van der Waals surface area contributed by atoms with Crippen molar-refractivity contribution in [3.8, 4) is 11.5 Å². The van der Waals surface area contributed by atoms with E-state index in [1.165, 1.54) is 7.11 Å². The number of rotatable bonds is 3. The monoisotopic (exact) mass is 347 g/mol. The van der Waals surface area contributed by atoms with Crippen LogP contribution in [0.1, 0.15) is 55.4 Å². The standard InChI is InChI=1S/C20H29NO4/c1-12-13(2)18-14(8-9-20(3,4)25-18)15(17(12)22)11-21-10-6-7-16(21)19(23)24-5/h16,22H,6-11H2,1-5H3. The van der Waals surface area contributed by atoms with Crippen LogP contribution in [-0.4, -0.2) is 41.3 Å². The number of phenolic OH excluding ortho intramolecular Hbond substituents is 1. The molecular weight excluding hydrogens is 318 g/mol. The molecule has 0 amide bonds. The first-order chi connectivity index (χ1) is 11.7. The molecule has 3 rings (SSSR count). The van der Waals surface area contributed by atoms with Crippen LogP contribution in [0.4, 0.5) is 0 Å². The van der Waals surface area contributed by atoms with Gasteiger partial charge >= 0.3 is 5.97 Å². The van der Waals surface area contributed by atoms with Gasteiger partial charge in [-0.3, -0.25) is 9.69 Å². The maximum absolute atomic E-state index is 12.0. The van der Waals surface area contributed by atoms with Crippen molar-refractivity contribution >= 4 is 5.97 Å². The quantitative estimate of drug-likeness (QED) is 0.851. The van der Waals surface area contributed by atoms with Crippen LogP contribution >= 0.6 is 0 Å². The third-order valence-corrected chi connectivity index (χ3v) is 5.74. The van der Waals surface area contributed by atoms with Crippen LogP contribution < -0.4 is 4.74 Å². The van der Waals surface area contributed by atoms with Gasteiger partial charge in [0.15, 0.2) is 0 Å². The Hall–Kier alpha value is -1.75. The summed E-state index contributed by atoms with van der Waals surface area (Å²) in [5.41, 5.74) is 3.68. The second-order valence-electron chi connectivity index (χ2n) is 7.90. The Morgan fingerprint density at radius 3 is 2.76 bits per heavy atom. The maximum atomic E-state index is 12.0. The minimum absolute atomic E-state index is 0.188. The SMILES string of the molecule is COC(=O)C1CCCN1Cc1c(O)c(C)c(C)c2c1CCC(C)(C)O2. The molecule has 0 aliphatic carbocycles. The topological polar surface area (TPSA) is 59.0 Å². The van der Waals surface area contributed by atoms with E-state index >= 15 is 0 Å². The lowest BCUT2D eigenvalue weighted by molar-refractivity contribution is -0.146. The Bertz CT molecular complexity index is 696. The van der Waals surface area contributed by atoms with Crippen LogP contribution in [0.25, 0.3) is 0 Å². The van der Waals surface area contributed by atoms with Crippen molar-refractivity contribution in [3.63, 3.8) is 0 Å². The van der Waals surface area contributed by atoms with Gasteiger partial charge < -0.3 is 14.6 Å². The minimum atomic E-state index is -0.220. The summed E-state index contributed by atoms with van der Waals surface area (Å²) in [6.45, 7) is 9.54. The zero-order chi connectivity index (χ0) is 18.4. The summed E-state index contributed by atoms with van der Waals surface area (Å²) in [5.74, 6) is 1.07. The van der Waals surface area contributed by atoms with Gasteiger partial charge in [0.25, 0.3) is 0 Å². The van der Waals surface area contributed by atoms with E-state index in [1.807, 2.05) is 13.8 Å². The number of likely N-dealkylation sites (tertiary alicyclic amines) is 1. The number of hydrogen-bond donors (Lipinski definition) is 1. The van der Waals surface area contributed by atoms with Crippen LogP contribution in [0.5, 0.6) is 11.5 Å². The molecule has 0 radical (unpaired) electrons. The van der Waals surface area contributed by atoms with Crippen LogP contribution in [0, 0.1) is 13.8 Å². The predicted molar refractivity (Wildman–Crippen MR) is 96.1 cm³/mol. The molecular formula is C20H29NO4. The van der Waals surface area contributed by atoms with E-state index in [0.717, 1.165) is 60.2 Å². The number of ether oxygens (including phenoxy) is 2. The summed E-state index contributed by atoms with van der Waals surface area (Å²) in [6, 6.07) is -0.220. The van der Waals surface area contributed by atoms with Crippen LogP contribution in [-0.2, 0) is 22.5 Å². The van der Waals surface area contributed by atoms with Crippen molar-refractivity contribution in [1.82, 2.24) is 4.90 Å². The van der Waals surface area contributed by atoms with Crippen molar-refractivity contribution in [1.29, 1.82) is 0 Å². The van der Waals surface area contributed by atoms with E-state index < -0.39 is 0 Å². The Kier molecular flexibility index (Phi) is 4.71. The molecule has 1 N–H and O–H groups in total. The highest BCUT2D eigenvalue weighted by Gasteiger charge is 2.35. The first-order valence-electron chi connectivity index (χ1n) is 9.10. The van der Waals surface area contributed by atoms with Crippen molar-refractivity contribution in [2.45, 2.75) is 71.6 Å². The molecule has 138 valence electrons. The Labute approximate surface area is 149 Å². The summed E-state index contributed by atoms with van der Waals surface area (Å²) in [5, 5.41) is 10.8. The molecule has 2 heterocycles. The van der Waals surface area contributed by atoms with Gasteiger partial charge in [-0.1, -0.05) is 0 Å². The zero-order valence-corrected chi connectivity index (χ0v) is 15.9. The Morgan fingerprint density at radius 1 is 1.36 bits per heavy atom. The molecule has 0 saturated carbocycles. The number of phenols is 1. The molecule has 1 atom stereocenters. The third kappa shape index (κ3) is 3.22. The summed E-state index contributed by atoms with van der Waals surface area (Å²) >= 11 is 0. The highest BCUT2D eigenvalue weighted by Crippen LogP contribution is 2.44. The number of fused-ring (bicyclic) bond motifs is 1. The zero-order valence-electron chi connectivity index (χ0n) is 15.9. The van der Waals surface area contributed by atoms with Gasteiger partial charge in [0.1, 0.15) is 23.1 Å². The molecule has 1 aromatic carbocycles. The lowest BCUT2D eigenvalue weighted by Crippen LogP contribution is -2.37. The number of carbonyl (C=O) groups excluding carboxylic acids is 1. The van der Waals surface area contributed by atoms with Gasteiger partial charge in [0.2, 0.25) is 0 Å². The molecule has 25 heavy (non-hydrogen) atoms. The molecule has 0 aromatic heterocycles. The van der Waals surface area contributed by atoms with E-state index in [2.05, 4.69) is 18.7 Å². The molecule has 5 heteroatoms. The smallest absolute Gasteiger partial charge is 0.323 e. The van der Waals surface area contributed by atoms with Gasteiger partial charge in [-0.2, -0.15) is 0 Å². The molecule has 2 aliphatic heterocycles. The number of nitrogens with zero attached hydrogens (tertiary/aromatic N) is 1. The average molecular weight is 347 g/mol. The van der Waals surface area contributed by atoms with Crippen LogP contribution in [0.3, 0.4) is 0 Å². The summed E-state index contributed by atoms with van der Waals surface area (Å²) in [6.07, 6.45) is 3.57. The molecule has 1 saturated heterocycles. The number of aromatic hydroxyl groups is 1. The van der Waals surface area contributed by atoms with Crippen molar-refractivity contribution in [3.05, 3.63) is 22.3 Å². The van der Waals surface area contributed by atoms with Crippen LogP contribution in [0.2, 0.25) is 0 Å². The lowest BCUT2D eigenvalue weighted by atomic mass is 9.87. The highest BCUT2D eigenvalue weighted by molar-refractivity contribution is 5.76. The van der Waals surface area contributed by atoms with Crippen molar-refractivity contribution < 1.29 is 19.4 Å². The van der Waals surface area contributed by atoms with Gasteiger partial charge in [0, 0.05) is 17.7 Å². The first-order valence-corrected chi connectivity index (χ1v) is 9.10. The highest BCUT2D eigenvalue weighted by atomic mass is 16.5. The van der Waals surface area contributed by atoms with E-state index in [4.69, 9.17) is 9.47 Å². The first kappa shape index (κ1) is 18.1. The van der Waals surface area contributed by atoms with E-state index in [9.17, 15) is 9.90 Å². The summed E-state index contributed by atoms with van der Waals surface area (Å²) < 4.78 is 11.2. The Morgan fingerprint density at radius 2 is 2.08 bits per heavy atom. The van der Waals surface area contributed by atoms with Gasteiger partial charge in [-0.15, -0.1) is 0 Å². The normalized spacial score (nSPS) is 22.4. The number of carbonyl (C=O) groups is 1. The second kappa shape index (κ2) is 6.52. The maximum Gasteiger partial charge on any atom is 0.323 e. The molecule has 2 aliphatic rings. The molecule has 1 aromatic rings. The van der Waals surface area contributed by atoms with Gasteiger partial charge in [-0.05, 0) is 71.0 Å². The predicted octanol–water partition coefficient (Wildman–Crippen LogP) is 3.25. The number of hydrogen-bond acceptors (Lipinski definition) is 5. The van der Waals surface area contributed by atoms with Crippen molar-refractivity contribution in [2.24, 2.45) is 0 Å². The van der Waals surface area contributed by atoms with E-state index in [1.54, 1.807) is 0 Å². The number of esters is 1. The van der Waals surface area contributed by atoms with Crippen molar-refractivity contribution in [2.75, 3.05) is 13.7 Å². The molecule has 0 bridgehead atoms. The second-order valence-corrected chi connectivity index (χ2v) is 7.90. The largest absolute Gasteiger partial charge is 0.507 e. The van der Waals surface area contributed by atoms with E-state index in [-0.39, 0.29) is 17.6 Å². The fraction of sp³-hybridized carbons (Fsp3) is 0.650. The molecule has 5 nitrogen and oxygen atoms in total. The third-order valence-electron chi connectivity index (χ3n) is 5.74. The molecule has 0 spiro atoms. The van der Waals surface area contributed by atoms with Gasteiger partial charge in [-0.25, -0.2) is 0 Å². The lowest BCUT2D eigenvalue weighted by Gasteiger charge is -2.36. The Balaban J connectivity index is 1.99.